The Labute approximate surface area is 140 Å². The molecule has 0 radical (unpaired) electrons. The van der Waals surface area contributed by atoms with Crippen molar-refractivity contribution in [2.45, 2.75) is 38.9 Å². The molecule has 0 unspecified atom stereocenters. The molecule has 3 nitrogen and oxygen atoms in total. The first-order chi connectivity index (χ1) is 11.1. The number of carbonyl (C=O) groups is 1. The Balaban J connectivity index is 2.29. The standard InChI is InChI=1S/C16H16F4N2OS/c1-4-15(3,16(18,19)20)22-13(23)12-9(2)21-14(24-12)10-5-7-11(17)8-6-10/h5-8H,4H2,1-3H3,(H,22,23)/t15-/m1/s1. The largest absolute Gasteiger partial charge is 0.411 e. The van der Waals surface area contributed by atoms with Crippen molar-refractivity contribution in [1.82, 2.24) is 10.3 Å². The average Bonchev–Trinajstić information content (AvgIpc) is 2.88. The summed E-state index contributed by atoms with van der Waals surface area (Å²) >= 11 is 0.975. The molecule has 8 heteroatoms. The van der Waals surface area contributed by atoms with Gasteiger partial charge in [0.2, 0.25) is 0 Å². The van der Waals surface area contributed by atoms with Gasteiger partial charge in [0.15, 0.2) is 0 Å². The van der Waals surface area contributed by atoms with Crippen LogP contribution < -0.4 is 5.32 Å². The van der Waals surface area contributed by atoms with Crippen molar-refractivity contribution in [3.63, 3.8) is 0 Å². The zero-order valence-electron chi connectivity index (χ0n) is 13.3. The number of halogens is 4. The van der Waals surface area contributed by atoms with E-state index >= 15 is 0 Å². The molecule has 2 rings (SSSR count). The predicted octanol–water partition coefficient (Wildman–Crippen LogP) is 4.72. The van der Waals surface area contributed by atoms with E-state index in [0.29, 0.717) is 16.3 Å². The fourth-order valence-electron chi connectivity index (χ4n) is 1.99. The molecule has 0 aliphatic heterocycles. The Hall–Kier alpha value is -1.96. The molecule has 130 valence electrons. The molecule has 0 aliphatic rings. The van der Waals surface area contributed by atoms with Crippen LogP contribution in [0.1, 0.15) is 35.6 Å². The maximum absolute atomic E-state index is 13.1. The Morgan fingerprint density at radius 2 is 1.83 bits per heavy atom. The fourth-order valence-corrected chi connectivity index (χ4v) is 2.96. The van der Waals surface area contributed by atoms with Crippen molar-refractivity contribution in [2.24, 2.45) is 0 Å². The van der Waals surface area contributed by atoms with Gasteiger partial charge in [-0.05, 0) is 44.5 Å². The SMILES string of the molecule is CC[C@@](C)(NC(=O)c1sc(-c2ccc(F)cc2)nc1C)C(F)(F)F. The monoisotopic (exact) mass is 360 g/mol. The summed E-state index contributed by atoms with van der Waals surface area (Å²) < 4.78 is 52.3. The van der Waals surface area contributed by atoms with E-state index in [4.69, 9.17) is 0 Å². The molecule has 2 aromatic rings. The van der Waals surface area contributed by atoms with E-state index in [9.17, 15) is 22.4 Å². The summed E-state index contributed by atoms with van der Waals surface area (Å²) in [4.78, 5) is 16.6. The summed E-state index contributed by atoms with van der Waals surface area (Å²) in [6.07, 6.45) is -4.85. The van der Waals surface area contributed by atoms with Gasteiger partial charge in [0.25, 0.3) is 5.91 Å². The molecule has 1 atom stereocenters. The summed E-state index contributed by atoms with van der Waals surface area (Å²) in [6, 6.07) is 5.51. The molecule has 1 amide bonds. The normalized spacial score (nSPS) is 14.3. The molecular formula is C16H16F4N2OS. The summed E-state index contributed by atoms with van der Waals surface area (Å²) in [7, 11) is 0. The van der Waals surface area contributed by atoms with Crippen molar-refractivity contribution in [1.29, 1.82) is 0 Å². The second-order valence-electron chi connectivity index (χ2n) is 5.58. The quantitative estimate of drug-likeness (QED) is 0.802. The van der Waals surface area contributed by atoms with Crippen LogP contribution in [0.4, 0.5) is 17.6 Å². The lowest BCUT2D eigenvalue weighted by atomic mass is 9.98. The Morgan fingerprint density at radius 3 is 2.33 bits per heavy atom. The molecule has 0 bridgehead atoms. The van der Waals surface area contributed by atoms with Crippen molar-refractivity contribution in [2.75, 3.05) is 0 Å². The Bertz CT molecular complexity index is 740. The van der Waals surface area contributed by atoms with Crippen LogP contribution in [0.5, 0.6) is 0 Å². The smallest absolute Gasteiger partial charge is 0.337 e. The van der Waals surface area contributed by atoms with Gasteiger partial charge in [0.05, 0.1) is 5.69 Å². The number of nitrogens with one attached hydrogen (secondary N) is 1. The van der Waals surface area contributed by atoms with Gasteiger partial charge in [-0.25, -0.2) is 9.37 Å². The molecule has 1 heterocycles. The first-order valence-electron chi connectivity index (χ1n) is 7.20. The van der Waals surface area contributed by atoms with Crippen LogP contribution in [0.25, 0.3) is 10.6 Å². The molecule has 24 heavy (non-hydrogen) atoms. The van der Waals surface area contributed by atoms with E-state index in [1.807, 2.05) is 0 Å². The summed E-state index contributed by atoms with van der Waals surface area (Å²) in [5, 5.41) is 2.51. The minimum atomic E-state index is -4.56. The second kappa shape index (κ2) is 6.51. The van der Waals surface area contributed by atoms with E-state index in [0.717, 1.165) is 18.3 Å². The second-order valence-corrected chi connectivity index (χ2v) is 6.58. The van der Waals surface area contributed by atoms with E-state index in [1.165, 1.54) is 31.2 Å². The van der Waals surface area contributed by atoms with Gasteiger partial charge in [0, 0.05) is 5.56 Å². The lowest BCUT2D eigenvalue weighted by Gasteiger charge is -2.31. The maximum atomic E-state index is 13.1. The number of amides is 1. The molecule has 0 saturated carbocycles. The first-order valence-corrected chi connectivity index (χ1v) is 8.01. The van der Waals surface area contributed by atoms with Crippen LogP contribution in [0.15, 0.2) is 24.3 Å². The number of benzene rings is 1. The highest BCUT2D eigenvalue weighted by Gasteiger charge is 2.51. The third-order valence-electron chi connectivity index (χ3n) is 3.82. The highest BCUT2D eigenvalue weighted by atomic mass is 32.1. The van der Waals surface area contributed by atoms with Crippen LogP contribution in [-0.4, -0.2) is 22.6 Å². The number of nitrogens with zero attached hydrogens (tertiary/aromatic N) is 1. The summed E-state index contributed by atoms with van der Waals surface area (Å²) in [5.41, 5.74) is -1.38. The molecule has 0 saturated heterocycles. The Morgan fingerprint density at radius 1 is 1.25 bits per heavy atom. The molecule has 0 aliphatic carbocycles. The zero-order chi connectivity index (χ0) is 18.1. The molecule has 0 fully saturated rings. The van der Waals surface area contributed by atoms with Crippen LogP contribution >= 0.6 is 11.3 Å². The van der Waals surface area contributed by atoms with Crippen molar-refractivity contribution in [3.8, 4) is 10.6 Å². The number of carbonyl (C=O) groups excluding carboxylic acids is 1. The van der Waals surface area contributed by atoms with Gasteiger partial charge in [-0.2, -0.15) is 13.2 Å². The zero-order valence-corrected chi connectivity index (χ0v) is 14.1. The molecule has 0 spiro atoms. The van der Waals surface area contributed by atoms with E-state index in [1.54, 1.807) is 6.92 Å². The summed E-state index contributed by atoms with van der Waals surface area (Å²) in [5.74, 6) is -1.23. The Kier molecular flexibility index (Phi) is 4.98. The molecule has 1 aromatic heterocycles. The van der Waals surface area contributed by atoms with Gasteiger partial charge in [-0.3, -0.25) is 4.79 Å². The van der Waals surface area contributed by atoms with E-state index < -0.39 is 23.4 Å². The van der Waals surface area contributed by atoms with Crippen molar-refractivity contribution >= 4 is 17.2 Å². The lowest BCUT2D eigenvalue weighted by Crippen LogP contribution is -2.56. The number of thiazole rings is 1. The van der Waals surface area contributed by atoms with Gasteiger partial charge < -0.3 is 5.32 Å². The average molecular weight is 360 g/mol. The first kappa shape index (κ1) is 18.4. The van der Waals surface area contributed by atoms with Gasteiger partial charge in [-0.15, -0.1) is 11.3 Å². The number of alkyl halides is 3. The van der Waals surface area contributed by atoms with E-state index in [2.05, 4.69) is 10.3 Å². The van der Waals surface area contributed by atoms with E-state index in [-0.39, 0.29) is 11.3 Å². The molecule has 1 aromatic carbocycles. The third kappa shape index (κ3) is 3.58. The number of rotatable bonds is 4. The minimum absolute atomic E-state index is 0.109. The predicted molar refractivity (Wildman–Crippen MR) is 84.5 cm³/mol. The minimum Gasteiger partial charge on any atom is -0.337 e. The maximum Gasteiger partial charge on any atom is 0.411 e. The number of aromatic nitrogens is 1. The van der Waals surface area contributed by atoms with Gasteiger partial charge in [0.1, 0.15) is 21.2 Å². The highest BCUT2D eigenvalue weighted by molar-refractivity contribution is 7.17. The van der Waals surface area contributed by atoms with Gasteiger partial charge >= 0.3 is 6.18 Å². The van der Waals surface area contributed by atoms with Crippen molar-refractivity contribution < 1.29 is 22.4 Å². The highest BCUT2D eigenvalue weighted by Crippen LogP contribution is 2.34. The number of hydrogen-bond acceptors (Lipinski definition) is 3. The van der Waals surface area contributed by atoms with Crippen LogP contribution in [0.2, 0.25) is 0 Å². The fraction of sp³-hybridized carbons (Fsp3) is 0.375. The topological polar surface area (TPSA) is 42.0 Å². The number of hydrogen-bond donors (Lipinski definition) is 1. The van der Waals surface area contributed by atoms with Gasteiger partial charge in [-0.1, -0.05) is 6.92 Å². The van der Waals surface area contributed by atoms with Crippen LogP contribution in [0, 0.1) is 12.7 Å². The third-order valence-corrected chi connectivity index (χ3v) is 5.02. The summed E-state index contributed by atoms with van der Waals surface area (Å²) in [6.45, 7) is 3.86. The van der Waals surface area contributed by atoms with Crippen LogP contribution in [-0.2, 0) is 0 Å². The number of aryl methyl sites for hydroxylation is 1. The van der Waals surface area contributed by atoms with Crippen molar-refractivity contribution in [3.05, 3.63) is 40.7 Å². The lowest BCUT2D eigenvalue weighted by molar-refractivity contribution is -0.188. The molecule has 1 N–H and O–H groups in total. The van der Waals surface area contributed by atoms with Crippen LogP contribution in [0.3, 0.4) is 0 Å². The molecular weight excluding hydrogens is 344 g/mol.